The van der Waals surface area contributed by atoms with E-state index in [1.807, 2.05) is 13.0 Å². The van der Waals surface area contributed by atoms with Crippen molar-refractivity contribution >= 4 is 5.69 Å². The maximum atomic E-state index is 13.2. The van der Waals surface area contributed by atoms with Crippen LogP contribution in [-0.2, 0) is 16.0 Å². The van der Waals surface area contributed by atoms with Crippen molar-refractivity contribution in [1.29, 1.82) is 0 Å². The van der Waals surface area contributed by atoms with Crippen molar-refractivity contribution in [3.8, 4) is 17.1 Å². The Hall–Kier alpha value is -2.37. The van der Waals surface area contributed by atoms with Gasteiger partial charge in [0.05, 0.1) is 37.3 Å². The Morgan fingerprint density at radius 2 is 2.00 bits per heavy atom. The summed E-state index contributed by atoms with van der Waals surface area (Å²) in [5, 5.41) is 17.7. The first kappa shape index (κ1) is 20.5. The van der Waals surface area contributed by atoms with Crippen LogP contribution < -0.4 is 9.64 Å². The molecule has 2 aliphatic heterocycles. The van der Waals surface area contributed by atoms with Gasteiger partial charge < -0.3 is 24.2 Å². The molecule has 9 nitrogen and oxygen atoms in total. The Labute approximate surface area is 177 Å². The molecule has 1 aliphatic carbocycles. The third-order valence-corrected chi connectivity index (χ3v) is 5.63. The lowest BCUT2D eigenvalue weighted by Crippen LogP contribution is -2.56. The molecule has 2 saturated heterocycles. The Kier molecular flexibility index (Phi) is 5.06. The third-order valence-electron chi connectivity index (χ3n) is 5.63. The van der Waals surface area contributed by atoms with Crippen LogP contribution in [0.25, 0.3) is 11.4 Å². The van der Waals surface area contributed by atoms with E-state index in [1.54, 1.807) is 12.4 Å². The normalized spacial score (nSPS) is 22.9. The van der Waals surface area contributed by atoms with Crippen LogP contribution in [0.3, 0.4) is 0 Å². The van der Waals surface area contributed by atoms with Crippen molar-refractivity contribution in [1.82, 2.24) is 20.0 Å². The van der Waals surface area contributed by atoms with Gasteiger partial charge in [-0.25, -0.2) is 18.4 Å². The van der Waals surface area contributed by atoms with Crippen LogP contribution in [0.15, 0.2) is 18.5 Å². The van der Waals surface area contributed by atoms with Gasteiger partial charge in [-0.15, -0.1) is 5.10 Å². The molecule has 1 saturated carbocycles. The van der Waals surface area contributed by atoms with E-state index in [-0.39, 0.29) is 24.7 Å². The Morgan fingerprint density at radius 3 is 2.68 bits per heavy atom. The molecule has 31 heavy (non-hydrogen) atoms. The first-order valence-corrected chi connectivity index (χ1v) is 10.4. The number of nitrogens with zero attached hydrogens (tertiary/aromatic N) is 5. The number of halogens is 2. The number of pyridine rings is 1. The van der Waals surface area contributed by atoms with Crippen LogP contribution in [0.1, 0.15) is 19.8 Å². The monoisotopic (exact) mass is 437 g/mol. The first-order valence-electron chi connectivity index (χ1n) is 10.4. The van der Waals surface area contributed by atoms with Gasteiger partial charge in [0.1, 0.15) is 30.4 Å². The fourth-order valence-corrected chi connectivity index (χ4v) is 3.69. The zero-order valence-corrected chi connectivity index (χ0v) is 17.2. The van der Waals surface area contributed by atoms with Gasteiger partial charge in [-0.1, -0.05) is 12.1 Å². The molecule has 2 aromatic heterocycles. The average Bonchev–Trinajstić information content (AvgIpc) is 3.42. The summed E-state index contributed by atoms with van der Waals surface area (Å²) in [5.41, 5.74) is 1.94. The van der Waals surface area contributed by atoms with Gasteiger partial charge in [0.15, 0.2) is 6.29 Å². The van der Waals surface area contributed by atoms with Crippen molar-refractivity contribution in [2.75, 3.05) is 37.8 Å². The van der Waals surface area contributed by atoms with Gasteiger partial charge in [0.25, 0.3) is 5.92 Å². The van der Waals surface area contributed by atoms with Crippen molar-refractivity contribution in [3.05, 3.63) is 18.5 Å². The van der Waals surface area contributed by atoms with E-state index in [4.69, 9.17) is 14.2 Å². The molecule has 0 unspecified atom stereocenters. The summed E-state index contributed by atoms with van der Waals surface area (Å²) in [6.07, 6.45) is 4.82. The van der Waals surface area contributed by atoms with Gasteiger partial charge >= 0.3 is 0 Å². The van der Waals surface area contributed by atoms with Crippen molar-refractivity contribution < 1.29 is 28.1 Å². The highest BCUT2D eigenvalue weighted by Crippen LogP contribution is 2.39. The Morgan fingerprint density at radius 1 is 1.26 bits per heavy atom. The molecule has 5 rings (SSSR count). The standard InChI is InChI=1S/C20H25F2N5O4/c1-19(10-28)8-26(9-19)13-4-16(31-14-2-3-14)18(23-5-13)15-6-27(25-24-15)7-17-29-11-20(21,22)12-30-17/h4-6,14,17,28H,2-3,7-12H2,1H3. The molecular formula is C20H25F2N5O4. The first-order chi connectivity index (χ1) is 14.8. The van der Waals surface area contributed by atoms with E-state index in [2.05, 4.69) is 20.2 Å². The summed E-state index contributed by atoms with van der Waals surface area (Å²) in [6, 6.07) is 1.95. The minimum Gasteiger partial charge on any atom is -0.488 e. The lowest BCUT2D eigenvalue weighted by atomic mass is 9.82. The molecule has 0 atom stereocenters. The topological polar surface area (TPSA) is 94.8 Å². The molecule has 3 fully saturated rings. The predicted octanol–water partition coefficient (Wildman–Crippen LogP) is 1.71. The summed E-state index contributed by atoms with van der Waals surface area (Å²) < 4.78 is 44.0. The van der Waals surface area contributed by atoms with Gasteiger partial charge in [0, 0.05) is 24.6 Å². The van der Waals surface area contributed by atoms with Gasteiger partial charge in [-0.2, -0.15) is 0 Å². The highest BCUT2D eigenvalue weighted by Gasteiger charge is 2.39. The molecule has 0 bridgehead atoms. The number of hydrogen-bond donors (Lipinski definition) is 1. The second-order valence-electron chi connectivity index (χ2n) is 8.92. The summed E-state index contributed by atoms with van der Waals surface area (Å²) in [6.45, 7) is 2.50. The summed E-state index contributed by atoms with van der Waals surface area (Å²) >= 11 is 0. The molecule has 168 valence electrons. The Bertz CT molecular complexity index is 935. The van der Waals surface area contributed by atoms with Crippen LogP contribution in [0, 0.1) is 5.41 Å². The molecule has 3 aliphatic rings. The van der Waals surface area contributed by atoms with Gasteiger partial charge in [-0.05, 0) is 12.8 Å². The molecule has 0 aromatic carbocycles. The van der Waals surface area contributed by atoms with Crippen LogP contribution >= 0.6 is 0 Å². The summed E-state index contributed by atoms with van der Waals surface area (Å²) in [7, 11) is 0. The number of aromatic nitrogens is 4. The van der Waals surface area contributed by atoms with E-state index in [0.717, 1.165) is 31.6 Å². The van der Waals surface area contributed by atoms with Gasteiger partial charge in [0.2, 0.25) is 0 Å². The lowest BCUT2D eigenvalue weighted by Gasteiger charge is -2.48. The van der Waals surface area contributed by atoms with E-state index >= 15 is 0 Å². The average molecular weight is 437 g/mol. The molecule has 0 spiro atoms. The molecule has 11 heteroatoms. The number of hydrogen-bond acceptors (Lipinski definition) is 8. The maximum absolute atomic E-state index is 13.2. The molecule has 1 N–H and O–H groups in total. The van der Waals surface area contributed by atoms with E-state index in [1.165, 1.54) is 4.68 Å². The zero-order valence-electron chi connectivity index (χ0n) is 17.2. The van der Waals surface area contributed by atoms with Gasteiger partial charge in [-0.3, -0.25) is 0 Å². The number of aliphatic hydroxyl groups is 1. The molecule has 4 heterocycles. The predicted molar refractivity (Wildman–Crippen MR) is 105 cm³/mol. The van der Waals surface area contributed by atoms with Crippen LogP contribution in [0.5, 0.6) is 5.75 Å². The molecule has 0 amide bonds. The minimum absolute atomic E-state index is 0.0912. The lowest BCUT2D eigenvalue weighted by molar-refractivity contribution is -0.271. The SMILES string of the molecule is CC1(CO)CN(c2cnc(-c3cn(CC4OCC(F)(F)CO4)nn3)c(OC3CC3)c2)C1. The fraction of sp³-hybridized carbons (Fsp3) is 0.650. The largest absolute Gasteiger partial charge is 0.488 e. The number of ether oxygens (including phenoxy) is 3. The maximum Gasteiger partial charge on any atom is 0.293 e. The highest BCUT2D eigenvalue weighted by atomic mass is 19.3. The molecule has 0 radical (unpaired) electrons. The smallest absolute Gasteiger partial charge is 0.293 e. The van der Waals surface area contributed by atoms with E-state index < -0.39 is 25.4 Å². The van der Waals surface area contributed by atoms with E-state index in [9.17, 15) is 13.9 Å². The Balaban J connectivity index is 1.31. The zero-order chi connectivity index (χ0) is 21.6. The highest BCUT2D eigenvalue weighted by molar-refractivity contribution is 5.66. The van der Waals surface area contributed by atoms with E-state index in [0.29, 0.717) is 17.1 Å². The quantitative estimate of drug-likeness (QED) is 0.700. The summed E-state index contributed by atoms with van der Waals surface area (Å²) in [5.74, 6) is -2.33. The van der Waals surface area contributed by atoms with Crippen molar-refractivity contribution in [2.45, 2.75) is 44.6 Å². The van der Waals surface area contributed by atoms with Crippen molar-refractivity contribution in [3.63, 3.8) is 0 Å². The number of rotatable bonds is 7. The van der Waals surface area contributed by atoms with Crippen LogP contribution in [0.4, 0.5) is 14.5 Å². The van der Waals surface area contributed by atoms with Crippen molar-refractivity contribution in [2.24, 2.45) is 5.41 Å². The number of aliphatic hydroxyl groups excluding tert-OH is 1. The molecule has 2 aromatic rings. The minimum atomic E-state index is -2.96. The number of anilines is 1. The fourth-order valence-electron chi connectivity index (χ4n) is 3.69. The summed E-state index contributed by atoms with van der Waals surface area (Å²) in [4.78, 5) is 6.73. The number of alkyl halides is 2. The third kappa shape index (κ3) is 4.48. The second-order valence-corrected chi connectivity index (χ2v) is 8.92. The molecular weight excluding hydrogens is 412 g/mol. The van der Waals surface area contributed by atoms with Crippen LogP contribution in [-0.4, -0.2) is 76.3 Å². The van der Waals surface area contributed by atoms with Crippen LogP contribution in [0.2, 0.25) is 0 Å². The second kappa shape index (κ2) is 7.64.